The third-order valence-corrected chi connectivity index (χ3v) is 5.78. The number of nitrogens with one attached hydrogen (secondary N) is 1. The summed E-state index contributed by atoms with van der Waals surface area (Å²) < 4.78 is 5.17. The highest BCUT2D eigenvalue weighted by atomic mass is 16.5. The maximum absolute atomic E-state index is 12.2. The van der Waals surface area contributed by atoms with Crippen LogP contribution in [0.2, 0.25) is 0 Å². The van der Waals surface area contributed by atoms with Gasteiger partial charge in [0.05, 0.1) is 12.0 Å². The van der Waals surface area contributed by atoms with E-state index in [0.717, 1.165) is 32.1 Å². The Balaban J connectivity index is 1.48. The highest BCUT2D eigenvalue weighted by Crippen LogP contribution is 2.40. The SMILES string of the molecule is N#CC1(NC(=O)COC(=O)C2C[C@H]3CCC[C@H](C2)C3=O)CCCC1. The smallest absolute Gasteiger partial charge is 0.309 e. The van der Waals surface area contributed by atoms with E-state index >= 15 is 0 Å². The van der Waals surface area contributed by atoms with Crippen LogP contribution in [0, 0.1) is 29.1 Å². The molecule has 0 spiro atoms. The molecule has 3 aliphatic carbocycles. The first-order valence-electron chi connectivity index (χ1n) is 8.95. The Kier molecular flexibility index (Phi) is 4.88. The molecule has 3 fully saturated rings. The maximum Gasteiger partial charge on any atom is 0.309 e. The van der Waals surface area contributed by atoms with Crippen molar-refractivity contribution in [2.24, 2.45) is 17.8 Å². The quantitative estimate of drug-likeness (QED) is 0.793. The standard InChI is InChI=1S/C18H24N2O4/c19-11-18(6-1-2-7-18)20-15(21)10-24-17(23)14-8-12-4-3-5-13(9-14)16(12)22/h12-14H,1-10H2,(H,20,21)/t12-,13-/m1/s1. The fourth-order valence-electron chi connectivity index (χ4n) is 4.47. The summed E-state index contributed by atoms with van der Waals surface area (Å²) in [5, 5.41) is 12.0. The van der Waals surface area contributed by atoms with Crippen LogP contribution in [-0.4, -0.2) is 29.8 Å². The molecule has 6 nitrogen and oxygen atoms in total. The van der Waals surface area contributed by atoms with E-state index in [9.17, 15) is 19.6 Å². The summed E-state index contributed by atoms with van der Waals surface area (Å²) in [4.78, 5) is 36.3. The average Bonchev–Trinajstić information content (AvgIpc) is 3.01. The van der Waals surface area contributed by atoms with Gasteiger partial charge >= 0.3 is 5.97 Å². The topological polar surface area (TPSA) is 96.3 Å². The van der Waals surface area contributed by atoms with E-state index in [2.05, 4.69) is 11.4 Å². The van der Waals surface area contributed by atoms with Crippen LogP contribution < -0.4 is 5.32 Å². The fraction of sp³-hybridized carbons (Fsp3) is 0.778. The number of nitriles is 1. The maximum atomic E-state index is 12.2. The van der Waals surface area contributed by atoms with Crippen LogP contribution in [0.1, 0.15) is 57.8 Å². The number of hydrogen-bond donors (Lipinski definition) is 1. The summed E-state index contributed by atoms with van der Waals surface area (Å²) >= 11 is 0. The van der Waals surface area contributed by atoms with Gasteiger partial charge in [-0.3, -0.25) is 14.4 Å². The Labute approximate surface area is 141 Å². The highest BCUT2D eigenvalue weighted by Gasteiger charge is 2.42. The summed E-state index contributed by atoms with van der Waals surface area (Å²) in [6, 6.07) is 2.18. The molecule has 24 heavy (non-hydrogen) atoms. The Morgan fingerprint density at radius 3 is 2.38 bits per heavy atom. The number of ketones is 1. The Hall–Kier alpha value is -1.90. The summed E-state index contributed by atoms with van der Waals surface area (Å²) in [5.41, 5.74) is -0.794. The van der Waals surface area contributed by atoms with Crippen molar-refractivity contribution in [3.63, 3.8) is 0 Å². The summed E-state index contributed by atoms with van der Waals surface area (Å²) in [5.74, 6) is -0.790. The zero-order chi connectivity index (χ0) is 17.2. The predicted molar refractivity (Wildman–Crippen MR) is 84.5 cm³/mol. The minimum atomic E-state index is -0.794. The number of hydrogen-bond acceptors (Lipinski definition) is 5. The van der Waals surface area contributed by atoms with Crippen LogP contribution in [0.3, 0.4) is 0 Å². The van der Waals surface area contributed by atoms with E-state index in [1.54, 1.807) is 0 Å². The van der Waals surface area contributed by atoms with E-state index in [4.69, 9.17) is 4.74 Å². The number of esters is 1. The molecular weight excluding hydrogens is 308 g/mol. The van der Waals surface area contributed by atoms with Gasteiger partial charge in [-0.1, -0.05) is 6.42 Å². The van der Waals surface area contributed by atoms with Crippen molar-refractivity contribution < 1.29 is 19.1 Å². The second kappa shape index (κ2) is 6.92. The first kappa shape index (κ1) is 16.9. The van der Waals surface area contributed by atoms with Gasteiger partial charge in [-0.05, 0) is 51.4 Å². The van der Waals surface area contributed by atoms with Gasteiger partial charge in [0.15, 0.2) is 6.61 Å². The molecule has 1 N–H and O–H groups in total. The molecule has 0 saturated heterocycles. The molecule has 0 unspecified atom stereocenters. The Bertz CT molecular complexity index is 558. The first-order valence-corrected chi connectivity index (χ1v) is 8.95. The number of Topliss-reactive ketones (excluding diaryl/α,β-unsaturated/α-hetero) is 1. The number of amides is 1. The molecule has 0 aliphatic heterocycles. The second-order valence-corrected chi connectivity index (χ2v) is 7.45. The Morgan fingerprint density at radius 1 is 1.17 bits per heavy atom. The van der Waals surface area contributed by atoms with E-state index in [1.807, 2.05) is 0 Å². The molecule has 3 rings (SSSR count). The second-order valence-electron chi connectivity index (χ2n) is 7.45. The molecule has 3 saturated carbocycles. The fourth-order valence-corrected chi connectivity index (χ4v) is 4.47. The third kappa shape index (κ3) is 3.45. The largest absolute Gasteiger partial charge is 0.455 e. The molecule has 0 heterocycles. The molecule has 0 radical (unpaired) electrons. The number of carbonyl (C=O) groups excluding carboxylic acids is 3. The van der Waals surface area contributed by atoms with Crippen LogP contribution in [0.4, 0.5) is 0 Å². The Morgan fingerprint density at radius 2 is 1.79 bits per heavy atom. The zero-order valence-corrected chi connectivity index (χ0v) is 13.9. The predicted octanol–water partition coefficient (Wildman–Crippen LogP) is 1.88. The lowest BCUT2D eigenvalue weighted by Crippen LogP contribution is -2.47. The molecule has 1 amide bonds. The molecule has 130 valence electrons. The van der Waals surface area contributed by atoms with Crippen molar-refractivity contribution in [1.29, 1.82) is 5.26 Å². The molecule has 0 aromatic rings. The number of nitrogens with zero attached hydrogens (tertiary/aromatic N) is 1. The lowest BCUT2D eigenvalue weighted by molar-refractivity contribution is -0.157. The van der Waals surface area contributed by atoms with Crippen LogP contribution in [0.25, 0.3) is 0 Å². The molecular formula is C18H24N2O4. The number of fused-ring (bicyclic) bond motifs is 2. The molecule has 3 aliphatic rings. The number of ether oxygens (including phenoxy) is 1. The first-order chi connectivity index (χ1) is 11.5. The summed E-state index contributed by atoms with van der Waals surface area (Å²) in [7, 11) is 0. The minimum Gasteiger partial charge on any atom is -0.455 e. The highest BCUT2D eigenvalue weighted by molar-refractivity contribution is 5.88. The van der Waals surface area contributed by atoms with Crippen molar-refractivity contribution >= 4 is 17.7 Å². The molecule has 0 aromatic heterocycles. The van der Waals surface area contributed by atoms with Gasteiger partial charge in [0.25, 0.3) is 5.91 Å². The molecule has 2 bridgehead atoms. The van der Waals surface area contributed by atoms with Gasteiger partial charge in [0, 0.05) is 11.8 Å². The van der Waals surface area contributed by atoms with E-state index in [0.29, 0.717) is 31.5 Å². The third-order valence-electron chi connectivity index (χ3n) is 5.78. The normalized spacial score (nSPS) is 31.1. The van der Waals surface area contributed by atoms with Crippen molar-refractivity contribution in [2.75, 3.05) is 6.61 Å². The lowest BCUT2D eigenvalue weighted by Gasteiger charge is -2.36. The van der Waals surface area contributed by atoms with E-state index < -0.39 is 11.4 Å². The van der Waals surface area contributed by atoms with Gasteiger partial charge in [-0.15, -0.1) is 0 Å². The van der Waals surface area contributed by atoms with Crippen molar-refractivity contribution in [2.45, 2.75) is 63.3 Å². The van der Waals surface area contributed by atoms with Gasteiger partial charge in [-0.25, -0.2) is 0 Å². The average molecular weight is 332 g/mol. The van der Waals surface area contributed by atoms with Gasteiger partial charge < -0.3 is 10.1 Å². The van der Waals surface area contributed by atoms with Crippen LogP contribution in [0.15, 0.2) is 0 Å². The summed E-state index contributed by atoms with van der Waals surface area (Å²) in [6.45, 7) is -0.345. The van der Waals surface area contributed by atoms with E-state index in [1.165, 1.54) is 0 Å². The van der Waals surface area contributed by atoms with Gasteiger partial charge in [0.1, 0.15) is 11.3 Å². The van der Waals surface area contributed by atoms with Gasteiger partial charge in [0.2, 0.25) is 0 Å². The van der Waals surface area contributed by atoms with Crippen LogP contribution in [0.5, 0.6) is 0 Å². The molecule has 0 aromatic carbocycles. The number of carbonyl (C=O) groups is 3. The van der Waals surface area contributed by atoms with E-state index in [-0.39, 0.29) is 30.3 Å². The van der Waals surface area contributed by atoms with Crippen LogP contribution in [-0.2, 0) is 19.1 Å². The molecule has 6 heteroatoms. The van der Waals surface area contributed by atoms with Crippen LogP contribution >= 0.6 is 0 Å². The lowest BCUT2D eigenvalue weighted by atomic mass is 9.67. The summed E-state index contributed by atoms with van der Waals surface area (Å²) in [6.07, 6.45) is 7.04. The zero-order valence-electron chi connectivity index (χ0n) is 13.9. The van der Waals surface area contributed by atoms with Crippen molar-refractivity contribution in [3.8, 4) is 6.07 Å². The monoisotopic (exact) mass is 332 g/mol. The van der Waals surface area contributed by atoms with Gasteiger partial charge in [-0.2, -0.15) is 5.26 Å². The minimum absolute atomic E-state index is 0.00998. The molecule has 2 atom stereocenters. The van der Waals surface area contributed by atoms with Crippen molar-refractivity contribution in [3.05, 3.63) is 0 Å². The van der Waals surface area contributed by atoms with Crippen molar-refractivity contribution in [1.82, 2.24) is 5.32 Å². The number of rotatable bonds is 4.